The van der Waals surface area contributed by atoms with E-state index in [9.17, 15) is 13.2 Å². The van der Waals surface area contributed by atoms with Crippen LogP contribution in [0, 0.1) is 0 Å². The topological polar surface area (TPSA) is 110 Å². The predicted molar refractivity (Wildman–Crippen MR) is 99.1 cm³/mol. The molecule has 0 bridgehead atoms. The Labute approximate surface area is 157 Å². The standard InChI is InChI=1S/C17H20N6O3S/c1-22(2)27(25,26)14-5-6-16-15(10-14)20-21-23(16)9-7-17(24)19-12-13-4-3-8-18-11-13/h3-6,8,10-11H,7,9,12H2,1-2H3,(H,19,24). The highest BCUT2D eigenvalue weighted by atomic mass is 32.2. The SMILES string of the molecule is CN(C)S(=O)(=O)c1ccc2c(c1)nnn2CCC(=O)NCc1cccnc1. The molecule has 9 nitrogen and oxygen atoms in total. The van der Waals surface area contributed by atoms with E-state index in [-0.39, 0.29) is 17.2 Å². The van der Waals surface area contributed by atoms with Crippen molar-refractivity contribution in [3.05, 3.63) is 48.3 Å². The maximum Gasteiger partial charge on any atom is 0.242 e. The van der Waals surface area contributed by atoms with Gasteiger partial charge in [-0.1, -0.05) is 11.3 Å². The number of nitrogens with one attached hydrogen (secondary N) is 1. The molecule has 2 heterocycles. The summed E-state index contributed by atoms with van der Waals surface area (Å²) in [4.78, 5) is 16.2. The van der Waals surface area contributed by atoms with Crippen molar-refractivity contribution in [3.63, 3.8) is 0 Å². The second kappa shape index (κ2) is 7.80. The molecular formula is C17H20N6O3S. The number of sulfonamides is 1. The molecule has 3 rings (SSSR count). The van der Waals surface area contributed by atoms with Crippen molar-refractivity contribution < 1.29 is 13.2 Å². The van der Waals surface area contributed by atoms with Crippen LogP contribution in [0.2, 0.25) is 0 Å². The summed E-state index contributed by atoms with van der Waals surface area (Å²) in [5, 5.41) is 10.9. The van der Waals surface area contributed by atoms with Crippen molar-refractivity contribution >= 4 is 27.0 Å². The Hall–Kier alpha value is -2.85. The molecule has 3 aromatic rings. The van der Waals surface area contributed by atoms with Crippen molar-refractivity contribution in [2.75, 3.05) is 14.1 Å². The monoisotopic (exact) mass is 388 g/mol. The lowest BCUT2D eigenvalue weighted by molar-refractivity contribution is -0.121. The molecule has 0 aliphatic carbocycles. The van der Waals surface area contributed by atoms with Gasteiger partial charge in [0.05, 0.1) is 17.0 Å². The quantitative estimate of drug-likeness (QED) is 0.641. The lowest BCUT2D eigenvalue weighted by Gasteiger charge is -2.11. The van der Waals surface area contributed by atoms with Crippen molar-refractivity contribution in [3.8, 4) is 0 Å². The molecule has 1 N–H and O–H groups in total. The maximum atomic E-state index is 12.2. The van der Waals surface area contributed by atoms with Gasteiger partial charge in [-0.25, -0.2) is 17.4 Å². The molecule has 0 atom stereocenters. The predicted octanol–water partition coefficient (Wildman–Crippen LogP) is 0.783. The van der Waals surface area contributed by atoms with Crippen molar-refractivity contribution in [2.24, 2.45) is 0 Å². The first-order valence-corrected chi connectivity index (χ1v) is 9.73. The molecule has 27 heavy (non-hydrogen) atoms. The first kappa shape index (κ1) is 18.9. The first-order valence-electron chi connectivity index (χ1n) is 8.29. The van der Waals surface area contributed by atoms with Gasteiger partial charge >= 0.3 is 0 Å². The zero-order chi connectivity index (χ0) is 19.4. The average molecular weight is 388 g/mol. The van der Waals surface area contributed by atoms with Crippen LogP contribution in [0.1, 0.15) is 12.0 Å². The van der Waals surface area contributed by atoms with Gasteiger partial charge in [0.15, 0.2) is 0 Å². The smallest absolute Gasteiger partial charge is 0.242 e. The second-order valence-corrected chi connectivity index (χ2v) is 8.29. The van der Waals surface area contributed by atoms with E-state index < -0.39 is 10.0 Å². The average Bonchev–Trinajstić information content (AvgIpc) is 3.07. The van der Waals surface area contributed by atoms with Crippen LogP contribution in [0.4, 0.5) is 0 Å². The Morgan fingerprint density at radius 1 is 1.26 bits per heavy atom. The minimum atomic E-state index is -3.53. The van der Waals surface area contributed by atoms with Gasteiger partial charge < -0.3 is 5.32 Å². The zero-order valence-corrected chi connectivity index (χ0v) is 15.8. The van der Waals surface area contributed by atoms with Crippen LogP contribution in [0.15, 0.2) is 47.6 Å². The number of hydrogen-bond donors (Lipinski definition) is 1. The van der Waals surface area contributed by atoms with E-state index in [2.05, 4.69) is 20.6 Å². The largest absolute Gasteiger partial charge is 0.352 e. The van der Waals surface area contributed by atoms with Crippen molar-refractivity contribution in [1.82, 2.24) is 29.6 Å². The molecule has 1 aromatic carbocycles. The van der Waals surface area contributed by atoms with E-state index in [1.54, 1.807) is 23.1 Å². The van der Waals surface area contributed by atoms with Crippen LogP contribution in [0.5, 0.6) is 0 Å². The second-order valence-electron chi connectivity index (χ2n) is 6.14. The molecule has 1 amide bonds. The Morgan fingerprint density at radius 2 is 2.07 bits per heavy atom. The highest BCUT2D eigenvalue weighted by Gasteiger charge is 2.18. The minimum Gasteiger partial charge on any atom is -0.352 e. The fourth-order valence-corrected chi connectivity index (χ4v) is 3.41. The van der Waals surface area contributed by atoms with Crippen LogP contribution in [0.3, 0.4) is 0 Å². The van der Waals surface area contributed by atoms with Gasteiger partial charge in [0, 0.05) is 39.5 Å². The number of fused-ring (bicyclic) bond motifs is 1. The van der Waals surface area contributed by atoms with Crippen LogP contribution in [-0.4, -0.2) is 52.7 Å². The molecule has 0 aliphatic rings. The van der Waals surface area contributed by atoms with Gasteiger partial charge in [0.1, 0.15) is 5.52 Å². The number of benzene rings is 1. The molecule has 0 fully saturated rings. The van der Waals surface area contributed by atoms with Crippen LogP contribution in [-0.2, 0) is 27.9 Å². The molecule has 0 saturated heterocycles. The highest BCUT2D eigenvalue weighted by Crippen LogP contribution is 2.19. The number of carbonyl (C=O) groups excluding carboxylic acids is 1. The third-order valence-electron chi connectivity index (χ3n) is 4.03. The minimum absolute atomic E-state index is 0.116. The summed E-state index contributed by atoms with van der Waals surface area (Å²) < 4.78 is 27.1. The lowest BCUT2D eigenvalue weighted by Crippen LogP contribution is -2.24. The zero-order valence-electron chi connectivity index (χ0n) is 15.0. The summed E-state index contributed by atoms with van der Waals surface area (Å²) in [5.74, 6) is -0.116. The summed E-state index contributed by atoms with van der Waals surface area (Å²) in [6, 6.07) is 8.35. The number of aryl methyl sites for hydroxylation is 1. The normalized spacial score (nSPS) is 11.8. The number of hydrogen-bond acceptors (Lipinski definition) is 6. The molecule has 0 unspecified atom stereocenters. The van der Waals surface area contributed by atoms with E-state index in [4.69, 9.17) is 0 Å². The fraction of sp³-hybridized carbons (Fsp3) is 0.294. The Kier molecular flexibility index (Phi) is 5.47. The number of rotatable bonds is 7. The van der Waals surface area contributed by atoms with E-state index in [0.29, 0.717) is 24.1 Å². The van der Waals surface area contributed by atoms with Gasteiger partial charge in [-0.3, -0.25) is 9.78 Å². The molecule has 142 valence electrons. The lowest BCUT2D eigenvalue weighted by atomic mass is 10.3. The molecule has 0 radical (unpaired) electrons. The van der Waals surface area contributed by atoms with Gasteiger partial charge in [-0.2, -0.15) is 0 Å². The van der Waals surface area contributed by atoms with E-state index >= 15 is 0 Å². The molecule has 10 heteroatoms. The number of pyridine rings is 1. The number of nitrogens with zero attached hydrogens (tertiary/aromatic N) is 5. The summed E-state index contributed by atoms with van der Waals surface area (Å²) in [6.45, 7) is 0.756. The highest BCUT2D eigenvalue weighted by molar-refractivity contribution is 7.89. The Morgan fingerprint density at radius 3 is 2.78 bits per heavy atom. The summed E-state index contributed by atoms with van der Waals surface area (Å²) >= 11 is 0. The summed E-state index contributed by atoms with van der Waals surface area (Å²) in [6.07, 6.45) is 3.61. The van der Waals surface area contributed by atoms with Gasteiger partial charge in [0.2, 0.25) is 15.9 Å². The van der Waals surface area contributed by atoms with Gasteiger partial charge in [-0.15, -0.1) is 5.10 Å². The number of carbonyl (C=O) groups is 1. The Balaban J connectivity index is 1.65. The van der Waals surface area contributed by atoms with Crippen LogP contribution >= 0.6 is 0 Å². The molecule has 0 spiro atoms. The molecule has 2 aromatic heterocycles. The molecular weight excluding hydrogens is 368 g/mol. The van der Waals surface area contributed by atoms with Crippen molar-refractivity contribution in [1.29, 1.82) is 0 Å². The van der Waals surface area contributed by atoms with Crippen LogP contribution in [0.25, 0.3) is 11.0 Å². The number of aromatic nitrogens is 4. The van der Waals surface area contributed by atoms with E-state index in [1.807, 2.05) is 12.1 Å². The fourth-order valence-electron chi connectivity index (χ4n) is 2.49. The maximum absolute atomic E-state index is 12.2. The summed E-state index contributed by atoms with van der Waals surface area (Å²) in [7, 11) is -0.586. The van der Waals surface area contributed by atoms with E-state index in [1.165, 1.54) is 26.2 Å². The van der Waals surface area contributed by atoms with E-state index in [0.717, 1.165) is 9.87 Å². The molecule has 0 saturated carbocycles. The van der Waals surface area contributed by atoms with Crippen molar-refractivity contribution in [2.45, 2.75) is 24.4 Å². The number of amides is 1. The summed E-state index contributed by atoms with van der Waals surface area (Å²) in [5.41, 5.74) is 2.06. The molecule has 0 aliphatic heterocycles. The first-order chi connectivity index (χ1) is 12.9. The third-order valence-corrected chi connectivity index (χ3v) is 5.84. The Bertz CT molecular complexity index is 1050. The third kappa shape index (κ3) is 4.29. The van der Waals surface area contributed by atoms with Gasteiger partial charge in [0.25, 0.3) is 0 Å². The van der Waals surface area contributed by atoms with Gasteiger partial charge in [-0.05, 0) is 29.8 Å². The van der Waals surface area contributed by atoms with Crippen LogP contribution < -0.4 is 5.32 Å².